The molecule has 8 nitrogen and oxygen atoms in total. The topological polar surface area (TPSA) is 106 Å². The van der Waals surface area contributed by atoms with Gasteiger partial charge in [-0.05, 0) is 35.4 Å². The van der Waals surface area contributed by atoms with Crippen molar-refractivity contribution in [2.24, 2.45) is 0 Å². The van der Waals surface area contributed by atoms with E-state index in [9.17, 15) is 9.59 Å². The minimum absolute atomic E-state index is 0.0102. The number of amides is 1. The number of hydrogen-bond acceptors (Lipinski definition) is 6. The quantitative estimate of drug-likeness (QED) is 0.135. The zero-order valence-electron chi connectivity index (χ0n) is 19.9. The maximum Gasteiger partial charge on any atom is 0.336 e. The highest BCUT2D eigenvalue weighted by molar-refractivity contribution is 6.02. The molecular weight excluding hydrogens is 472 g/mol. The Morgan fingerprint density at radius 2 is 1.78 bits per heavy atom. The largest absolute Gasteiger partial charge is 0.486 e. The van der Waals surface area contributed by atoms with Crippen LogP contribution >= 0.6 is 0 Å². The molecule has 0 bridgehead atoms. The third-order valence-electron chi connectivity index (χ3n) is 5.84. The summed E-state index contributed by atoms with van der Waals surface area (Å²) >= 11 is 0. The first-order valence-corrected chi connectivity index (χ1v) is 11.8. The summed E-state index contributed by atoms with van der Waals surface area (Å²) in [6, 6.07) is 17.8. The fraction of sp³-hybridized carbons (Fsp3) is 0.138. The van der Waals surface area contributed by atoms with Gasteiger partial charge in [0.05, 0.1) is 25.2 Å². The first-order valence-electron chi connectivity index (χ1n) is 11.8. The summed E-state index contributed by atoms with van der Waals surface area (Å²) in [4.78, 5) is 24.0. The number of aliphatic hydroxyl groups is 1. The molecule has 0 saturated carbocycles. The summed E-state index contributed by atoms with van der Waals surface area (Å²) in [5.41, 5.74) is 2.85. The number of nitrogens with one attached hydrogen (secondary N) is 1. The molecular formula is C29H25N2O6+. The van der Waals surface area contributed by atoms with Crippen molar-refractivity contribution < 1.29 is 28.0 Å². The summed E-state index contributed by atoms with van der Waals surface area (Å²) in [6.07, 6.45) is 9.23. The molecule has 8 heteroatoms. The lowest BCUT2D eigenvalue weighted by atomic mass is 10.1. The number of nitrogens with zero attached hydrogens (tertiary/aromatic N) is 1. The lowest BCUT2D eigenvalue weighted by Crippen LogP contribution is -2.33. The maximum absolute atomic E-state index is 12.2. The summed E-state index contributed by atoms with van der Waals surface area (Å²) in [5.74, 6) is 0.194. The predicted molar refractivity (Wildman–Crippen MR) is 139 cm³/mol. The number of fused-ring (bicyclic) bond motifs is 2. The number of aryl methyl sites for hydroxylation is 1. The fourth-order valence-electron chi connectivity index (χ4n) is 3.94. The number of pyridine rings is 1. The molecule has 3 aromatic heterocycles. The molecule has 5 aromatic rings. The molecule has 0 saturated heterocycles. The van der Waals surface area contributed by atoms with E-state index in [1.807, 2.05) is 65.5 Å². The van der Waals surface area contributed by atoms with Crippen molar-refractivity contribution in [3.05, 3.63) is 107 Å². The first kappa shape index (κ1) is 24.0. The van der Waals surface area contributed by atoms with Gasteiger partial charge in [0.2, 0.25) is 11.7 Å². The summed E-state index contributed by atoms with van der Waals surface area (Å²) in [5, 5.41) is 13.6. The van der Waals surface area contributed by atoms with Crippen molar-refractivity contribution in [3.8, 4) is 5.75 Å². The molecule has 0 aliphatic heterocycles. The van der Waals surface area contributed by atoms with Crippen LogP contribution in [0.2, 0.25) is 0 Å². The molecule has 3 heterocycles. The Hall–Kier alpha value is -4.69. The van der Waals surface area contributed by atoms with Gasteiger partial charge < -0.3 is 24.0 Å². The van der Waals surface area contributed by atoms with Crippen LogP contribution in [0.1, 0.15) is 17.5 Å². The second-order valence-corrected chi connectivity index (χ2v) is 8.47. The van der Waals surface area contributed by atoms with E-state index in [4.69, 9.17) is 18.7 Å². The van der Waals surface area contributed by atoms with Gasteiger partial charge in [-0.25, -0.2) is 9.36 Å². The van der Waals surface area contributed by atoms with Gasteiger partial charge in [-0.3, -0.25) is 4.79 Å². The van der Waals surface area contributed by atoms with Crippen LogP contribution in [-0.2, 0) is 17.9 Å². The van der Waals surface area contributed by atoms with Crippen LogP contribution in [0.4, 0.5) is 5.69 Å². The number of furan rings is 1. The van der Waals surface area contributed by atoms with Crippen molar-refractivity contribution in [3.63, 3.8) is 0 Å². The SMILES string of the molecule is O=C(C=Cc1ccc(CO)cc1)Nc1cc[n+](CCCOc2c3occc3cc3ccc(=O)oc23)cc1. The molecule has 0 aliphatic carbocycles. The molecule has 0 radical (unpaired) electrons. The van der Waals surface area contributed by atoms with Gasteiger partial charge in [-0.2, -0.15) is 0 Å². The Kier molecular flexibility index (Phi) is 7.09. The van der Waals surface area contributed by atoms with Gasteiger partial charge >= 0.3 is 5.63 Å². The number of anilines is 1. The minimum atomic E-state index is -0.446. The minimum Gasteiger partial charge on any atom is -0.486 e. The van der Waals surface area contributed by atoms with Crippen LogP contribution in [-0.4, -0.2) is 17.6 Å². The number of carbonyl (C=O) groups is 1. The van der Waals surface area contributed by atoms with Crippen molar-refractivity contribution in [1.82, 2.24) is 0 Å². The molecule has 0 fully saturated rings. The maximum atomic E-state index is 12.2. The zero-order valence-corrected chi connectivity index (χ0v) is 19.9. The lowest BCUT2D eigenvalue weighted by molar-refractivity contribution is -0.697. The van der Waals surface area contributed by atoms with Crippen LogP contribution in [0.15, 0.2) is 99.0 Å². The third-order valence-corrected chi connectivity index (χ3v) is 5.84. The molecule has 2 N–H and O–H groups in total. The Labute approximate surface area is 212 Å². The van der Waals surface area contributed by atoms with E-state index >= 15 is 0 Å². The van der Waals surface area contributed by atoms with Gasteiger partial charge in [0.1, 0.15) is 0 Å². The molecule has 0 unspecified atom stereocenters. The second kappa shape index (κ2) is 10.9. The number of benzene rings is 2. The number of rotatable bonds is 9. The number of hydrogen-bond donors (Lipinski definition) is 2. The Bertz CT molecular complexity index is 1620. The Morgan fingerprint density at radius 3 is 2.57 bits per heavy atom. The van der Waals surface area contributed by atoms with E-state index in [0.717, 1.165) is 21.9 Å². The zero-order chi connectivity index (χ0) is 25.6. The van der Waals surface area contributed by atoms with Crippen molar-refractivity contribution >= 4 is 39.6 Å². The molecule has 2 aromatic carbocycles. The number of aliphatic hydroxyl groups excluding tert-OH is 1. The summed E-state index contributed by atoms with van der Waals surface area (Å²) in [6.45, 7) is 1.07. The van der Waals surface area contributed by atoms with Gasteiger partial charge in [0, 0.05) is 41.5 Å². The molecule has 0 aliphatic rings. The molecule has 186 valence electrons. The fourth-order valence-corrected chi connectivity index (χ4v) is 3.94. The average molecular weight is 498 g/mol. The van der Waals surface area contributed by atoms with Crippen molar-refractivity contribution in [1.29, 1.82) is 0 Å². The van der Waals surface area contributed by atoms with Gasteiger partial charge in [-0.15, -0.1) is 0 Å². The highest BCUT2D eigenvalue weighted by atomic mass is 16.5. The van der Waals surface area contributed by atoms with Crippen molar-refractivity contribution in [2.45, 2.75) is 19.6 Å². The van der Waals surface area contributed by atoms with Crippen LogP contribution in [0, 0.1) is 0 Å². The molecule has 37 heavy (non-hydrogen) atoms. The molecule has 1 amide bonds. The van der Waals surface area contributed by atoms with Crippen molar-refractivity contribution in [2.75, 3.05) is 11.9 Å². The highest BCUT2D eigenvalue weighted by Crippen LogP contribution is 2.34. The highest BCUT2D eigenvalue weighted by Gasteiger charge is 2.15. The van der Waals surface area contributed by atoms with E-state index in [2.05, 4.69) is 5.32 Å². The summed E-state index contributed by atoms with van der Waals surface area (Å²) < 4.78 is 18.9. The monoisotopic (exact) mass is 497 g/mol. The van der Waals surface area contributed by atoms with E-state index in [1.165, 1.54) is 12.1 Å². The van der Waals surface area contributed by atoms with E-state index < -0.39 is 5.63 Å². The van der Waals surface area contributed by atoms with Crippen LogP contribution in [0.3, 0.4) is 0 Å². The molecule has 0 spiro atoms. The number of ether oxygens (including phenoxy) is 1. The van der Waals surface area contributed by atoms with Gasteiger partial charge in [-0.1, -0.05) is 24.3 Å². The molecule has 0 atom stereocenters. The molecule has 5 rings (SSSR count). The lowest BCUT2D eigenvalue weighted by Gasteiger charge is -2.08. The van der Waals surface area contributed by atoms with Gasteiger partial charge in [0.15, 0.2) is 30.1 Å². The van der Waals surface area contributed by atoms with E-state index in [1.54, 1.807) is 18.4 Å². The van der Waals surface area contributed by atoms with Gasteiger partial charge in [0.25, 0.3) is 0 Å². The van der Waals surface area contributed by atoms with Crippen LogP contribution in [0.5, 0.6) is 5.75 Å². The second-order valence-electron chi connectivity index (χ2n) is 8.47. The first-order chi connectivity index (χ1) is 18.1. The van der Waals surface area contributed by atoms with E-state index in [0.29, 0.717) is 42.2 Å². The smallest absolute Gasteiger partial charge is 0.336 e. The van der Waals surface area contributed by atoms with Crippen LogP contribution < -0.4 is 20.2 Å². The standard InChI is InChI=1S/C29H24N2O6/c32-19-21-4-2-20(3-5-21)6-8-25(33)30-24-10-14-31(15-11-24)13-1-16-35-29-27-23(12-17-36-27)18-22-7-9-26(34)37-28(22)29/h2-12,14-15,17-18,32H,1,13,16,19H2/p+1. The third kappa shape index (κ3) is 5.76. The number of aromatic nitrogens is 1. The average Bonchev–Trinajstić information content (AvgIpc) is 3.39. The van der Waals surface area contributed by atoms with E-state index in [-0.39, 0.29) is 12.5 Å². The van der Waals surface area contributed by atoms with Crippen LogP contribution in [0.25, 0.3) is 28.0 Å². The Morgan fingerprint density at radius 1 is 1.00 bits per heavy atom. The Balaban J connectivity index is 1.15. The normalized spacial score (nSPS) is 11.4. The summed E-state index contributed by atoms with van der Waals surface area (Å²) in [7, 11) is 0. The number of carbonyl (C=O) groups excluding carboxylic acids is 1. The predicted octanol–water partition coefficient (Wildman–Crippen LogP) is 4.44.